The van der Waals surface area contributed by atoms with Crippen molar-refractivity contribution >= 4 is 23.5 Å². The highest BCUT2D eigenvalue weighted by atomic mass is 32.1. The van der Waals surface area contributed by atoms with Crippen LogP contribution in [-0.2, 0) is 6.42 Å². The number of hydrogen-bond donors (Lipinski definition) is 3. The van der Waals surface area contributed by atoms with Crippen LogP contribution in [0.15, 0.2) is 29.1 Å². The SMILES string of the molecule is CCc1nc(C(S)c2nc3ccccc3c(=O)[nH]2)n[nH]1. The summed E-state index contributed by atoms with van der Waals surface area (Å²) in [7, 11) is 0. The predicted octanol–water partition coefficient (Wildman–Crippen LogP) is 1.62. The van der Waals surface area contributed by atoms with E-state index in [1.165, 1.54) is 0 Å². The van der Waals surface area contributed by atoms with Gasteiger partial charge in [-0.05, 0) is 12.1 Å². The molecule has 0 bridgehead atoms. The molecular weight excluding hydrogens is 274 g/mol. The van der Waals surface area contributed by atoms with Gasteiger partial charge in [-0.1, -0.05) is 19.1 Å². The lowest BCUT2D eigenvalue weighted by molar-refractivity contribution is 0.884. The monoisotopic (exact) mass is 287 g/mol. The zero-order valence-electron chi connectivity index (χ0n) is 10.8. The third kappa shape index (κ3) is 2.20. The van der Waals surface area contributed by atoms with Crippen molar-refractivity contribution in [1.29, 1.82) is 0 Å². The average Bonchev–Trinajstić information content (AvgIpc) is 2.95. The van der Waals surface area contributed by atoms with Crippen LogP contribution in [0.1, 0.15) is 29.6 Å². The number of nitrogens with one attached hydrogen (secondary N) is 2. The fourth-order valence-corrected chi connectivity index (χ4v) is 2.18. The fraction of sp³-hybridized carbons (Fsp3) is 0.231. The van der Waals surface area contributed by atoms with Gasteiger partial charge in [-0.25, -0.2) is 9.97 Å². The van der Waals surface area contributed by atoms with E-state index in [1.54, 1.807) is 18.2 Å². The largest absolute Gasteiger partial charge is 0.309 e. The van der Waals surface area contributed by atoms with E-state index in [4.69, 9.17) is 0 Å². The molecule has 1 atom stereocenters. The zero-order chi connectivity index (χ0) is 14.1. The molecule has 0 saturated heterocycles. The Bertz CT molecular complexity index is 810. The first-order valence-corrected chi connectivity index (χ1v) is 6.79. The van der Waals surface area contributed by atoms with Crippen molar-refractivity contribution in [1.82, 2.24) is 25.1 Å². The molecule has 1 unspecified atom stereocenters. The van der Waals surface area contributed by atoms with Gasteiger partial charge in [0.1, 0.15) is 16.9 Å². The van der Waals surface area contributed by atoms with Gasteiger partial charge in [-0.3, -0.25) is 9.89 Å². The van der Waals surface area contributed by atoms with E-state index in [9.17, 15) is 4.79 Å². The van der Waals surface area contributed by atoms with Gasteiger partial charge in [0.2, 0.25) is 0 Å². The third-order valence-electron chi connectivity index (χ3n) is 3.02. The van der Waals surface area contributed by atoms with Crippen LogP contribution >= 0.6 is 12.6 Å². The first kappa shape index (κ1) is 12.9. The lowest BCUT2D eigenvalue weighted by Gasteiger charge is -2.06. The van der Waals surface area contributed by atoms with Crippen LogP contribution in [0.4, 0.5) is 0 Å². The molecular formula is C13H13N5OS. The maximum Gasteiger partial charge on any atom is 0.258 e. The average molecular weight is 287 g/mol. The third-order valence-corrected chi connectivity index (χ3v) is 3.49. The van der Waals surface area contributed by atoms with Crippen molar-refractivity contribution in [3.63, 3.8) is 0 Å². The number of para-hydroxylation sites is 1. The number of aromatic nitrogens is 5. The molecule has 0 fully saturated rings. The second kappa shape index (κ2) is 5.09. The number of nitrogens with zero attached hydrogens (tertiary/aromatic N) is 3. The summed E-state index contributed by atoms with van der Waals surface area (Å²) in [5.74, 6) is 1.73. The summed E-state index contributed by atoms with van der Waals surface area (Å²) in [6.45, 7) is 1.98. The molecule has 6 nitrogen and oxygen atoms in total. The number of aryl methyl sites for hydroxylation is 1. The highest BCUT2D eigenvalue weighted by molar-refractivity contribution is 7.80. The summed E-state index contributed by atoms with van der Waals surface area (Å²) in [5, 5.41) is 7.01. The molecule has 0 amide bonds. The van der Waals surface area contributed by atoms with E-state index in [0.717, 1.165) is 12.2 Å². The van der Waals surface area contributed by atoms with Gasteiger partial charge in [0, 0.05) is 6.42 Å². The molecule has 1 aromatic carbocycles. The van der Waals surface area contributed by atoms with Crippen LogP contribution in [0.2, 0.25) is 0 Å². The van der Waals surface area contributed by atoms with Crippen LogP contribution in [0.25, 0.3) is 10.9 Å². The normalized spacial score (nSPS) is 12.7. The summed E-state index contributed by atoms with van der Waals surface area (Å²) >= 11 is 4.46. The van der Waals surface area contributed by atoms with Gasteiger partial charge in [-0.15, -0.1) is 0 Å². The Morgan fingerprint density at radius 3 is 2.85 bits per heavy atom. The van der Waals surface area contributed by atoms with Crippen molar-refractivity contribution in [2.24, 2.45) is 0 Å². The standard InChI is InChI=1S/C13H13N5OS/c1-2-9-15-12(18-17-9)10(20)11-14-8-6-4-3-5-7(8)13(19)16-11/h3-6,10,20H,2H2,1H3,(H,14,16,19)(H,15,17,18). The molecule has 2 heterocycles. The quantitative estimate of drug-likeness (QED) is 0.639. The number of rotatable bonds is 3. The molecule has 2 aromatic heterocycles. The number of H-pyrrole nitrogens is 2. The molecule has 7 heteroatoms. The van der Waals surface area contributed by atoms with Crippen molar-refractivity contribution < 1.29 is 0 Å². The molecule has 20 heavy (non-hydrogen) atoms. The summed E-state index contributed by atoms with van der Waals surface area (Å²) < 4.78 is 0. The highest BCUT2D eigenvalue weighted by Gasteiger charge is 2.18. The predicted molar refractivity (Wildman–Crippen MR) is 79.0 cm³/mol. The van der Waals surface area contributed by atoms with Crippen molar-refractivity contribution in [2.45, 2.75) is 18.6 Å². The lowest BCUT2D eigenvalue weighted by atomic mass is 10.2. The summed E-state index contributed by atoms with van der Waals surface area (Å²) in [5.41, 5.74) is 0.451. The van der Waals surface area contributed by atoms with Gasteiger partial charge < -0.3 is 4.98 Å². The van der Waals surface area contributed by atoms with E-state index >= 15 is 0 Å². The van der Waals surface area contributed by atoms with Gasteiger partial charge in [0.05, 0.1) is 10.9 Å². The maximum atomic E-state index is 12.0. The van der Waals surface area contributed by atoms with Crippen molar-refractivity contribution in [2.75, 3.05) is 0 Å². The second-order valence-electron chi connectivity index (χ2n) is 4.36. The Labute approximate surface area is 120 Å². The van der Waals surface area contributed by atoms with Crippen LogP contribution < -0.4 is 5.56 Å². The van der Waals surface area contributed by atoms with Crippen molar-refractivity contribution in [3.8, 4) is 0 Å². The second-order valence-corrected chi connectivity index (χ2v) is 4.88. The highest BCUT2D eigenvalue weighted by Crippen LogP contribution is 2.22. The van der Waals surface area contributed by atoms with Crippen LogP contribution in [0.3, 0.4) is 0 Å². The Kier molecular flexibility index (Phi) is 3.27. The first-order valence-electron chi connectivity index (χ1n) is 6.27. The van der Waals surface area contributed by atoms with Gasteiger partial charge in [0.15, 0.2) is 5.82 Å². The minimum absolute atomic E-state index is 0.184. The molecule has 0 spiro atoms. The number of benzene rings is 1. The Hall–Kier alpha value is -2.15. The molecule has 2 N–H and O–H groups in total. The van der Waals surface area contributed by atoms with Gasteiger partial charge >= 0.3 is 0 Å². The number of aromatic amines is 2. The van der Waals surface area contributed by atoms with Gasteiger partial charge in [0.25, 0.3) is 5.56 Å². The van der Waals surface area contributed by atoms with Crippen LogP contribution in [-0.4, -0.2) is 25.1 Å². The lowest BCUT2D eigenvalue weighted by Crippen LogP contribution is -2.14. The molecule has 102 valence electrons. The van der Waals surface area contributed by atoms with Crippen LogP contribution in [0.5, 0.6) is 0 Å². The zero-order valence-corrected chi connectivity index (χ0v) is 11.7. The summed E-state index contributed by atoms with van der Waals surface area (Å²) in [4.78, 5) is 23.5. The Balaban J connectivity index is 2.07. The molecule has 0 aliphatic carbocycles. The van der Waals surface area contributed by atoms with Crippen LogP contribution in [0, 0.1) is 0 Å². The molecule has 0 aliphatic heterocycles. The molecule has 3 aromatic rings. The van der Waals surface area contributed by atoms with E-state index in [0.29, 0.717) is 22.6 Å². The first-order chi connectivity index (χ1) is 9.69. The van der Waals surface area contributed by atoms with Gasteiger partial charge in [-0.2, -0.15) is 17.7 Å². The van der Waals surface area contributed by atoms with E-state index < -0.39 is 5.25 Å². The Morgan fingerprint density at radius 2 is 2.10 bits per heavy atom. The molecule has 0 aliphatic rings. The Morgan fingerprint density at radius 1 is 1.30 bits per heavy atom. The number of thiol groups is 1. The van der Waals surface area contributed by atoms with E-state index in [2.05, 4.69) is 37.8 Å². The summed E-state index contributed by atoms with van der Waals surface area (Å²) in [6, 6.07) is 7.18. The summed E-state index contributed by atoms with van der Waals surface area (Å²) in [6.07, 6.45) is 0.759. The van der Waals surface area contributed by atoms with E-state index in [1.807, 2.05) is 13.0 Å². The minimum atomic E-state index is -0.469. The van der Waals surface area contributed by atoms with E-state index in [-0.39, 0.29) is 5.56 Å². The topological polar surface area (TPSA) is 87.3 Å². The molecule has 3 rings (SSSR count). The smallest absolute Gasteiger partial charge is 0.258 e. The number of fused-ring (bicyclic) bond motifs is 1. The van der Waals surface area contributed by atoms with Crippen molar-refractivity contribution in [3.05, 3.63) is 52.1 Å². The molecule has 0 radical (unpaired) electrons. The minimum Gasteiger partial charge on any atom is -0.309 e. The fourth-order valence-electron chi connectivity index (χ4n) is 1.95. The number of hydrogen-bond acceptors (Lipinski definition) is 5. The molecule has 0 saturated carbocycles. The maximum absolute atomic E-state index is 12.0.